The molecule has 0 aliphatic rings. The zero-order chi connectivity index (χ0) is 18.4. The molecule has 0 spiro atoms. The third kappa shape index (κ3) is 6.27. The average Bonchev–Trinajstić information content (AvgIpc) is 2.55. The van der Waals surface area contributed by atoms with Crippen LogP contribution in [-0.2, 0) is 10.5 Å². The van der Waals surface area contributed by atoms with Crippen molar-refractivity contribution in [3.63, 3.8) is 0 Å². The maximum Gasteiger partial charge on any atom is 0.316 e. The number of aryl methyl sites for hydroxylation is 1. The molecule has 0 fully saturated rings. The van der Waals surface area contributed by atoms with E-state index in [1.165, 1.54) is 11.8 Å². The maximum absolute atomic E-state index is 12.0. The van der Waals surface area contributed by atoms with Gasteiger partial charge in [0.05, 0.1) is 5.41 Å². The first-order valence-electron chi connectivity index (χ1n) is 8.06. The molecule has 0 saturated heterocycles. The van der Waals surface area contributed by atoms with Crippen LogP contribution in [0.15, 0.2) is 48.5 Å². The molecule has 0 unspecified atom stereocenters. The summed E-state index contributed by atoms with van der Waals surface area (Å²) in [7, 11) is 0. The number of hydrogen-bond donors (Lipinski definition) is 1. The molecule has 0 radical (unpaired) electrons. The largest absolute Gasteiger partial charge is 0.426 e. The highest BCUT2D eigenvalue weighted by Crippen LogP contribution is 2.22. The van der Waals surface area contributed by atoms with Gasteiger partial charge >= 0.3 is 5.97 Å². The Kier molecular flexibility index (Phi) is 6.26. The number of carbonyl (C=O) groups is 2. The fourth-order valence-corrected chi connectivity index (χ4v) is 2.53. The Morgan fingerprint density at radius 3 is 2.16 bits per heavy atom. The third-order valence-corrected chi connectivity index (χ3v) is 4.26. The van der Waals surface area contributed by atoms with E-state index in [2.05, 4.69) is 5.32 Å². The van der Waals surface area contributed by atoms with Gasteiger partial charge in [-0.25, -0.2) is 0 Å². The van der Waals surface area contributed by atoms with E-state index in [9.17, 15) is 9.59 Å². The fraction of sp³-hybridized carbons (Fsp3) is 0.300. The van der Waals surface area contributed by atoms with Gasteiger partial charge < -0.3 is 10.1 Å². The quantitative estimate of drug-likeness (QED) is 0.587. The van der Waals surface area contributed by atoms with Crippen molar-refractivity contribution in [3.8, 4) is 5.75 Å². The molecule has 1 N–H and O–H groups in total. The molecule has 0 aromatic heterocycles. The number of amides is 1. The molecule has 0 bridgehead atoms. The molecule has 1 amide bonds. The summed E-state index contributed by atoms with van der Waals surface area (Å²) in [6, 6.07) is 14.9. The molecule has 2 aromatic carbocycles. The second-order valence-electron chi connectivity index (χ2n) is 6.85. The van der Waals surface area contributed by atoms with Crippen molar-refractivity contribution in [1.29, 1.82) is 0 Å². The van der Waals surface area contributed by atoms with Crippen molar-refractivity contribution >= 4 is 28.7 Å². The van der Waals surface area contributed by atoms with Gasteiger partial charge in [-0.2, -0.15) is 0 Å². The van der Waals surface area contributed by atoms with Gasteiger partial charge in [0.15, 0.2) is 0 Å². The molecule has 0 aliphatic carbocycles. The van der Waals surface area contributed by atoms with E-state index >= 15 is 0 Å². The molecule has 2 rings (SSSR count). The minimum Gasteiger partial charge on any atom is -0.426 e. The molecular formula is C20H23NO3S. The van der Waals surface area contributed by atoms with Crippen molar-refractivity contribution in [2.24, 2.45) is 5.41 Å². The second-order valence-corrected chi connectivity index (χ2v) is 7.80. The van der Waals surface area contributed by atoms with Gasteiger partial charge in [-0.1, -0.05) is 41.6 Å². The zero-order valence-electron chi connectivity index (χ0n) is 15.0. The lowest BCUT2D eigenvalue weighted by Gasteiger charge is -2.16. The van der Waals surface area contributed by atoms with Gasteiger partial charge in [0.25, 0.3) is 5.24 Å². The van der Waals surface area contributed by atoms with Crippen molar-refractivity contribution < 1.29 is 14.3 Å². The van der Waals surface area contributed by atoms with E-state index in [1.54, 1.807) is 12.1 Å². The maximum atomic E-state index is 12.0. The molecule has 0 aliphatic heterocycles. The number of anilines is 1. The predicted molar refractivity (Wildman–Crippen MR) is 103 cm³/mol. The summed E-state index contributed by atoms with van der Waals surface area (Å²) in [5.41, 5.74) is 2.38. The van der Waals surface area contributed by atoms with Crippen LogP contribution in [0.1, 0.15) is 31.9 Å². The van der Waals surface area contributed by atoms with Gasteiger partial charge in [-0.3, -0.25) is 9.59 Å². The zero-order valence-corrected chi connectivity index (χ0v) is 15.8. The highest BCUT2D eigenvalue weighted by molar-refractivity contribution is 8.13. The molecule has 4 nitrogen and oxygen atoms in total. The molecule has 2 aromatic rings. The summed E-state index contributed by atoms with van der Waals surface area (Å²) >= 11 is 1.19. The summed E-state index contributed by atoms with van der Waals surface area (Å²) in [6.45, 7) is 7.44. The van der Waals surface area contributed by atoms with E-state index in [0.29, 0.717) is 11.5 Å². The topological polar surface area (TPSA) is 55.4 Å². The van der Waals surface area contributed by atoms with Crippen LogP contribution >= 0.6 is 11.8 Å². The van der Waals surface area contributed by atoms with Gasteiger partial charge in [0.1, 0.15) is 5.75 Å². The Balaban J connectivity index is 1.83. The smallest absolute Gasteiger partial charge is 0.316 e. The summed E-state index contributed by atoms with van der Waals surface area (Å²) < 4.78 is 5.32. The highest BCUT2D eigenvalue weighted by atomic mass is 32.2. The van der Waals surface area contributed by atoms with Gasteiger partial charge in [-0.15, -0.1) is 0 Å². The molecule has 0 atom stereocenters. The van der Waals surface area contributed by atoms with Gasteiger partial charge in [0.2, 0.25) is 0 Å². The van der Waals surface area contributed by atoms with Crippen LogP contribution in [0, 0.1) is 12.3 Å². The van der Waals surface area contributed by atoms with E-state index in [1.807, 2.05) is 64.1 Å². The number of carbonyl (C=O) groups excluding carboxylic acids is 2. The summed E-state index contributed by atoms with van der Waals surface area (Å²) in [6.07, 6.45) is 0. The van der Waals surface area contributed by atoms with Crippen LogP contribution in [0.3, 0.4) is 0 Å². The number of hydrogen-bond acceptors (Lipinski definition) is 4. The first-order chi connectivity index (χ1) is 11.7. The minimum atomic E-state index is -0.539. The first-order valence-corrected chi connectivity index (χ1v) is 9.04. The Bertz CT molecular complexity index is 731. The summed E-state index contributed by atoms with van der Waals surface area (Å²) in [5.74, 6) is 0.787. The van der Waals surface area contributed by atoms with Gasteiger partial charge in [0, 0.05) is 11.4 Å². The van der Waals surface area contributed by atoms with Crippen molar-refractivity contribution in [3.05, 3.63) is 59.7 Å². The van der Waals surface area contributed by atoms with Crippen molar-refractivity contribution in [2.75, 3.05) is 5.32 Å². The highest BCUT2D eigenvalue weighted by Gasteiger charge is 2.23. The molecule has 25 heavy (non-hydrogen) atoms. The molecule has 0 heterocycles. The number of thioether (sulfide) groups is 1. The standard InChI is InChI=1S/C20H23NO3S/c1-14-5-9-16(10-6-14)21-19(23)25-13-15-7-11-17(12-8-15)24-18(22)20(2,3)4/h5-12H,13H2,1-4H3,(H,21,23). The Labute approximate surface area is 153 Å². The van der Waals surface area contributed by atoms with E-state index in [4.69, 9.17) is 4.74 Å². The van der Waals surface area contributed by atoms with E-state index in [-0.39, 0.29) is 11.2 Å². The van der Waals surface area contributed by atoms with Crippen molar-refractivity contribution in [2.45, 2.75) is 33.4 Å². The number of esters is 1. The fourth-order valence-electron chi connectivity index (χ4n) is 1.85. The van der Waals surface area contributed by atoms with Crippen LogP contribution in [0.2, 0.25) is 0 Å². The van der Waals surface area contributed by atoms with Crippen LogP contribution in [0.4, 0.5) is 10.5 Å². The normalized spacial score (nSPS) is 11.0. The first kappa shape index (κ1) is 19.1. The van der Waals surface area contributed by atoms with Crippen LogP contribution in [0.5, 0.6) is 5.75 Å². The Morgan fingerprint density at radius 1 is 1.00 bits per heavy atom. The molecular weight excluding hydrogens is 334 g/mol. The molecule has 5 heteroatoms. The summed E-state index contributed by atoms with van der Waals surface area (Å²) in [4.78, 5) is 23.8. The minimum absolute atomic E-state index is 0.105. The predicted octanol–water partition coefficient (Wildman–Crippen LogP) is 5.41. The van der Waals surface area contributed by atoms with Crippen LogP contribution in [0.25, 0.3) is 0 Å². The van der Waals surface area contributed by atoms with Crippen LogP contribution in [-0.4, -0.2) is 11.2 Å². The number of benzene rings is 2. The SMILES string of the molecule is Cc1ccc(NC(=O)SCc2ccc(OC(=O)C(C)(C)C)cc2)cc1. The lowest BCUT2D eigenvalue weighted by Crippen LogP contribution is -2.25. The average molecular weight is 357 g/mol. The van der Waals surface area contributed by atoms with Gasteiger partial charge in [-0.05, 0) is 57.5 Å². The molecule has 132 valence electrons. The lowest BCUT2D eigenvalue weighted by molar-refractivity contribution is -0.142. The van der Waals surface area contributed by atoms with E-state index in [0.717, 1.165) is 16.8 Å². The Hall–Kier alpha value is -2.27. The monoisotopic (exact) mass is 357 g/mol. The van der Waals surface area contributed by atoms with Crippen LogP contribution < -0.4 is 10.1 Å². The lowest BCUT2D eigenvalue weighted by atomic mass is 9.97. The summed E-state index contributed by atoms with van der Waals surface area (Å²) in [5, 5.41) is 2.74. The number of nitrogens with one attached hydrogen (secondary N) is 1. The number of rotatable bonds is 4. The Morgan fingerprint density at radius 2 is 1.60 bits per heavy atom. The second kappa shape index (κ2) is 8.21. The van der Waals surface area contributed by atoms with E-state index < -0.39 is 5.41 Å². The number of ether oxygens (including phenoxy) is 1. The molecule has 0 saturated carbocycles. The third-order valence-electron chi connectivity index (χ3n) is 3.41. The van der Waals surface area contributed by atoms with Crippen molar-refractivity contribution in [1.82, 2.24) is 0 Å².